The normalized spacial score (nSPS) is 11.9. The lowest BCUT2D eigenvalue weighted by Crippen LogP contribution is -2.24. The number of carboxylic acid groups (broad SMARTS) is 1. The van der Waals surface area contributed by atoms with Crippen LogP contribution in [0.5, 0.6) is 11.5 Å². The molecule has 0 saturated carbocycles. The predicted octanol–water partition coefficient (Wildman–Crippen LogP) is 1.01. The summed E-state index contributed by atoms with van der Waals surface area (Å²) < 4.78 is 10.4. The first kappa shape index (κ1) is 12.3. The van der Waals surface area contributed by atoms with Gasteiger partial charge in [0.05, 0.1) is 7.11 Å². The molecule has 88 valence electrons. The van der Waals surface area contributed by atoms with Crippen molar-refractivity contribution in [2.75, 3.05) is 7.11 Å². The van der Waals surface area contributed by atoms with Crippen LogP contribution in [0.1, 0.15) is 12.5 Å². The van der Waals surface area contributed by atoms with E-state index in [1.54, 1.807) is 18.2 Å². The van der Waals surface area contributed by atoms with E-state index in [9.17, 15) is 4.79 Å². The highest BCUT2D eigenvalue weighted by Gasteiger charge is 2.17. The van der Waals surface area contributed by atoms with Gasteiger partial charge in [0.25, 0.3) is 0 Å². The molecular weight excluding hydrogens is 210 g/mol. The first-order valence-electron chi connectivity index (χ1n) is 4.85. The van der Waals surface area contributed by atoms with Crippen LogP contribution >= 0.6 is 0 Å². The maximum absolute atomic E-state index is 10.7. The van der Waals surface area contributed by atoms with Gasteiger partial charge < -0.3 is 20.3 Å². The van der Waals surface area contributed by atoms with Gasteiger partial charge in [0.1, 0.15) is 0 Å². The fourth-order valence-electron chi connectivity index (χ4n) is 1.24. The third-order valence-electron chi connectivity index (χ3n) is 2.14. The Morgan fingerprint density at radius 3 is 2.75 bits per heavy atom. The van der Waals surface area contributed by atoms with Gasteiger partial charge in [0.2, 0.25) is 0 Å². The minimum Gasteiger partial charge on any atom is -0.493 e. The first-order valence-corrected chi connectivity index (χ1v) is 4.85. The number of nitrogens with two attached hydrogens (primary N) is 1. The second-order valence-corrected chi connectivity index (χ2v) is 3.25. The number of benzene rings is 1. The minimum atomic E-state index is -1.03. The molecule has 0 aliphatic rings. The summed E-state index contributed by atoms with van der Waals surface area (Å²) in [4.78, 5) is 10.7. The van der Waals surface area contributed by atoms with Crippen molar-refractivity contribution in [3.05, 3.63) is 23.8 Å². The number of methoxy groups -OCH3 is 1. The number of carbonyl (C=O) groups is 1. The number of ether oxygens (including phenoxy) is 2. The van der Waals surface area contributed by atoms with Gasteiger partial charge in [-0.2, -0.15) is 0 Å². The van der Waals surface area contributed by atoms with Gasteiger partial charge in [0, 0.05) is 12.1 Å². The third kappa shape index (κ3) is 2.64. The number of hydrogen-bond acceptors (Lipinski definition) is 4. The molecule has 0 bridgehead atoms. The molecule has 1 aromatic rings. The monoisotopic (exact) mass is 225 g/mol. The van der Waals surface area contributed by atoms with Crippen LogP contribution in [0.3, 0.4) is 0 Å². The van der Waals surface area contributed by atoms with Gasteiger partial charge in [-0.1, -0.05) is 12.1 Å². The zero-order valence-electron chi connectivity index (χ0n) is 9.27. The topological polar surface area (TPSA) is 81.8 Å². The highest BCUT2D eigenvalue weighted by molar-refractivity contribution is 5.72. The van der Waals surface area contributed by atoms with Gasteiger partial charge in [-0.25, -0.2) is 4.79 Å². The first-order chi connectivity index (χ1) is 7.60. The molecule has 5 heteroatoms. The summed E-state index contributed by atoms with van der Waals surface area (Å²) in [7, 11) is 1.49. The van der Waals surface area contributed by atoms with E-state index in [2.05, 4.69) is 0 Å². The molecule has 1 rings (SSSR count). The molecule has 3 N–H and O–H groups in total. The molecule has 0 spiro atoms. The van der Waals surface area contributed by atoms with Crippen molar-refractivity contribution in [2.45, 2.75) is 19.6 Å². The lowest BCUT2D eigenvalue weighted by atomic mass is 10.2. The van der Waals surface area contributed by atoms with Crippen LogP contribution in [0.4, 0.5) is 0 Å². The van der Waals surface area contributed by atoms with Crippen molar-refractivity contribution in [3.63, 3.8) is 0 Å². The highest BCUT2D eigenvalue weighted by atomic mass is 16.5. The van der Waals surface area contributed by atoms with Crippen molar-refractivity contribution in [1.29, 1.82) is 0 Å². The van der Waals surface area contributed by atoms with E-state index < -0.39 is 12.1 Å². The van der Waals surface area contributed by atoms with Crippen molar-refractivity contribution in [2.24, 2.45) is 5.73 Å². The molecule has 1 unspecified atom stereocenters. The largest absolute Gasteiger partial charge is 0.493 e. The summed E-state index contributed by atoms with van der Waals surface area (Å²) in [5.41, 5.74) is 6.26. The van der Waals surface area contributed by atoms with E-state index >= 15 is 0 Å². The number of para-hydroxylation sites is 1. The molecular formula is C11H15NO4. The summed E-state index contributed by atoms with van der Waals surface area (Å²) >= 11 is 0. The molecule has 0 radical (unpaired) electrons. The molecule has 1 aromatic carbocycles. The smallest absolute Gasteiger partial charge is 0.344 e. The molecule has 0 aliphatic carbocycles. The molecule has 16 heavy (non-hydrogen) atoms. The Kier molecular flexibility index (Phi) is 4.13. The van der Waals surface area contributed by atoms with E-state index in [0.717, 1.165) is 0 Å². The zero-order chi connectivity index (χ0) is 12.1. The lowest BCUT2D eigenvalue weighted by Gasteiger charge is -2.16. The van der Waals surface area contributed by atoms with E-state index in [1.165, 1.54) is 14.0 Å². The SMILES string of the molecule is COc1cccc(CN)c1OC(C)C(=O)O. The number of aliphatic carboxylic acids is 1. The van der Waals surface area contributed by atoms with Gasteiger partial charge in [-0.15, -0.1) is 0 Å². The summed E-state index contributed by atoms with van der Waals surface area (Å²) in [6, 6.07) is 5.24. The molecule has 0 saturated heterocycles. The Balaban J connectivity index is 3.04. The second kappa shape index (κ2) is 5.37. The van der Waals surface area contributed by atoms with Gasteiger partial charge >= 0.3 is 5.97 Å². The van der Waals surface area contributed by atoms with E-state index in [4.69, 9.17) is 20.3 Å². The van der Waals surface area contributed by atoms with Crippen LogP contribution < -0.4 is 15.2 Å². The van der Waals surface area contributed by atoms with E-state index in [0.29, 0.717) is 17.1 Å². The Hall–Kier alpha value is -1.75. The summed E-state index contributed by atoms with van der Waals surface area (Å²) in [5.74, 6) is -0.160. The summed E-state index contributed by atoms with van der Waals surface area (Å²) in [6.45, 7) is 1.72. The van der Waals surface area contributed by atoms with Crippen LogP contribution in [0.15, 0.2) is 18.2 Å². The summed E-state index contributed by atoms with van der Waals surface area (Å²) in [6.07, 6.45) is -0.943. The Bertz CT molecular complexity index is 356. The Labute approximate surface area is 93.8 Å². The average Bonchev–Trinajstić information content (AvgIpc) is 2.29. The number of carboxylic acids is 1. The highest BCUT2D eigenvalue weighted by Crippen LogP contribution is 2.31. The maximum atomic E-state index is 10.7. The standard InChI is InChI=1S/C11H15NO4/c1-7(11(13)14)16-10-8(6-12)4-3-5-9(10)15-2/h3-5,7H,6,12H2,1-2H3,(H,13,14). The van der Waals surface area contributed by atoms with E-state index in [-0.39, 0.29) is 6.54 Å². The predicted molar refractivity (Wildman–Crippen MR) is 58.6 cm³/mol. The molecule has 1 atom stereocenters. The maximum Gasteiger partial charge on any atom is 0.344 e. The molecule has 0 heterocycles. The Morgan fingerprint density at radius 2 is 2.25 bits per heavy atom. The third-order valence-corrected chi connectivity index (χ3v) is 2.14. The van der Waals surface area contributed by atoms with Crippen molar-refractivity contribution >= 4 is 5.97 Å². The molecule has 0 aromatic heterocycles. The molecule has 0 fully saturated rings. The van der Waals surface area contributed by atoms with Crippen molar-refractivity contribution in [1.82, 2.24) is 0 Å². The van der Waals surface area contributed by atoms with Crippen LogP contribution in [0, 0.1) is 0 Å². The molecule has 5 nitrogen and oxygen atoms in total. The fourth-order valence-corrected chi connectivity index (χ4v) is 1.24. The van der Waals surface area contributed by atoms with Crippen molar-refractivity contribution < 1.29 is 19.4 Å². The molecule has 0 aliphatic heterocycles. The van der Waals surface area contributed by atoms with Crippen LogP contribution in [0.25, 0.3) is 0 Å². The quantitative estimate of drug-likeness (QED) is 0.781. The average molecular weight is 225 g/mol. The van der Waals surface area contributed by atoms with Gasteiger partial charge in [-0.05, 0) is 13.0 Å². The fraction of sp³-hybridized carbons (Fsp3) is 0.364. The molecule has 0 amide bonds. The van der Waals surface area contributed by atoms with Gasteiger partial charge in [0.15, 0.2) is 17.6 Å². The Morgan fingerprint density at radius 1 is 1.56 bits per heavy atom. The summed E-state index contributed by atoms with van der Waals surface area (Å²) in [5, 5.41) is 8.77. The lowest BCUT2D eigenvalue weighted by molar-refractivity contribution is -0.144. The van der Waals surface area contributed by atoms with Crippen LogP contribution in [0.2, 0.25) is 0 Å². The number of rotatable bonds is 5. The van der Waals surface area contributed by atoms with Crippen LogP contribution in [-0.2, 0) is 11.3 Å². The zero-order valence-corrected chi connectivity index (χ0v) is 9.27. The van der Waals surface area contributed by atoms with E-state index in [1.807, 2.05) is 0 Å². The second-order valence-electron chi connectivity index (χ2n) is 3.25. The van der Waals surface area contributed by atoms with Crippen LogP contribution in [-0.4, -0.2) is 24.3 Å². The minimum absolute atomic E-state index is 0.263. The van der Waals surface area contributed by atoms with Crippen molar-refractivity contribution in [3.8, 4) is 11.5 Å². The number of hydrogen-bond donors (Lipinski definition) is 2. The van der Waals surface area contributed by atoms with Gasteiger partial charge in [-0.3, -0.25) is 0 Å².